The van der Waals surface area contributed by atoms with Gasteiger partial charge in [0.2, 0.25) is 5.91 Å². The standard InChI is InChI=1S/C16H21N3OS.2ClH/c1-10-9-18-16(21-10)12(3)19-15(20)11(2)14(17)13-7-5-4-6-8-13;;/h4-9,11-12,14H,17H2,1-3H3,(H,19,20);2*1H. The van der Waals surface area contributed by atoms with Gasteiger partial charge in [-0.2, -0.15) is 0 Å². The molecule has 1 amide bonds. The Bertz CT molecular complexity index is 606. The monoisotopic (exact) mass is 375 g/mol. The number of hydrogen-bond donors (Lipinski definition) is 2. The van der Waals surface area contributed by atoms with Crippen LogP contribution in [-0.4, -0.2) is 10.9 Å². The van der Waals surface area contributed by atoms with Crippen molar-refractivity contribution in [1.29, 1.82) is 0 Å². The van der Waals surface area contributed by atoms with Crippen molar-refractivity contribution in [3.8, 4) is 0 Å². The maximum Gasteiger partial charge on any atom is 0.225 e. The number of amides is 1. The van der Waals surface area contributed by atoms with E-state index in [0.717, 1.165) is 15.4 Å². The minimum Gasteiger partial charge on any atom is -0.347 e. The van der Waals surface area contributed by atoms with Crippen LogP contribution in [0.4, 0.5) is 0 Å². The van der Waals surface area contributed by atoms with E-state index in [-0.39, 0.29) is 48.7 Å². The van der Waals surface area contributed by atoms with E-state index < -0.39 is 0 Å². The van der Waals surface area contributed by atoms with E-state index in [4.69, 9.17) is 5.73 Å². The summed E-state index contributed by atoms with van der Waals surface area (Å²) in [6.45, 7) is 5.80. The molecule has 0 spiro atoms. The lowest BCUT2D eigenvalue weighted by Crippen LogP contribution is -2.36. The van der Waals surface area contributed by atoms with E-state index in [0.29, 0.717) is 0 Å². The molecule has 0 aliphatic rings. The van der Waals surface area contributed by atoms with Crippen LogP contribution in [0.2, 0.25) is 0 Å². The van der Waals surface area contributed by atoms with Crippen molar-refractivity contribution >= 4 is 42.1 Å². The zero-order chi connectivity index (χ0) is 15.4. The highest BCUT2D eigenvalue weighted by atomic mass is 35.5. The quantitative estimate of drug-likeness (QED) is 0.834. The maximum absolute atomic E-state index is 12.3. The third kappa shape index (κ3) is 5.77. The summed E-state index contributed by atoms with van der Waals surface area (Å²) in [5, 5.41) is 3.91. The Morgan fingerprint density at radius 3 is 2.35 bits per heavy atom. The molecule has 1 aromatic heterocycles. The number of nitrogens with two attached hydrogens (primary N) is 1. The lowest BCUT2D eigenvalue weighted by atomic mass is 9.94. The second kappa shape index (κ2) is 9.88. The zero-order valence-corrected chi connectivity index (χ0v) is 15.8. The number of nitrogens with zero attached hydrogens (tertiary/aromatic N) is 1. The molecular formula is C16H23Cl2N3OS. The van der Waals surface area contributed by atoms with Gasteiger partial charge in [0.25, 0.3) is 0 Å². The zero-order valence-electron chi connectivity index (χ0n) is 13.4. The number of halogens is 2. The molecule has 3 N–H and O–H groups in total. The average molecular weight is 376 g/mol. The number of aryl methyl sites for hydroxylation is 1. The summed E-state index contributed by atoms with van der Waals surface area (Å²) in [7, 11) is 0. The third-order valence-corrected chi connectivity index (χ3v) is 4.60. The van der Waals surface area contributed by atoms with Crippen molar-refractivity contribution in [3.05, 3.63) is 52.0 Å². The van der Waals surface area contributed by atoms with Gasteiger partial charge in [-0.15, -0.1) is 36.2 Å². The molecule has 4 nitrogen and oxygen atoms in total. The lowest BCUT2D eigenvalue weighted by molar-refractivity contribution is -0.125. The Hall–Kier alpha value is -1.14. The minimum absolute atomic E-state index is 0. The van der Waals surface area contributed by atoms with Crippen molar-refractivity contribution < 1.29 is 4.79 Å². The average Bonchev–Trinajstić information content (AvgIpc) is 2.93. The van der Waals surface area contributed by atoms with Crippen LogP contribution < -0.4 is 11.1 Å². The molecule has 128 valence electrons. The van der Waals surface area contributed by atoms with Gasteiger partial charge in [0.15, 0.2) is 0 Å². The first-order valence-corrected chi connectivity index (χ1v) is 7.84. The van der Waals surface area contributed by atoms with Crippen LogP contribution in [0.3, 0.4) is 0 Å². The fourth-order valence-corrected chi connectivity index (χ4v) is 2.88. The fraction of sp³-hybridized carbons (Fsp3) is 0.375. The molecule has 0 saturated carbocycles. The number of benzene rings is 1. The molecule has 3 atom stereocenters. The molecule has 0 fully saturated rings. The van der Waals surface area contributed by atoms with E-state index in [1.807, 2.05) is 57.3 Å². The Labute approximate surface area is 153 Å². The first kappa shape index (κ1) is 21.9. The Morgan fingerprint density at radius 2 is 1.83 bits per heavy atom. The van der Waals surface area contributed by atoms with Gasteiger partial charge in [0.1, 0.15) is 5.01 Å². The molecule has 0 bridgehead atoms. The number of hydrogen-bond acceptors (Lipinski definition) is 4. The Balaban J connectivity index is 0.00000242. The first-order valence-electron chi connectivity index (χ1n) is 7.02. The van der Waals surface area contributed by atoms with E-state index in [1.54, 1.807) is 11.3 Å². The SMILES string of the molecule is Cc1cnc(C(C)NC(=O)C(C)C(N)c2ccccc2)s1.Cl.Cl. The molecule has 2 aromatic rings. The largest absolute Gasteiger partial charge is 0.347 e. The summed E-state index contributed by atoms with van der Waals surface area (Å²) in [6, 6.07) is 9.29. The summed E-state index contributed by atoms with van der Waals surface area (Å²) < 4.78 is 0. The van der Waals surface area contributed by atoms with Gasteiger partial charge in [0, 0.05) is 17.1 Å². The lowest BCUT2D eigenvalue weighted by Gasteiger charge is -2.21. The van der Waals surface area contributed by atoms with E-state index >= 15 is 0 Å². The molecular weight excluding hydrogens is 353 g/mol. The summed E-state index contributed by atoms with van der Waals surface area (Å²) in [6.07, 6.45) is 1.82. The van der Waals surface area contributed by atoms with Crippen LogP contribution >= 0.6 is 36.2 Å². The van der Waals surface area contributed by atoms with Crippen LogP contribution in [0.5, 0.6) is 0 Å². The van der Waals surface area contributed by atoms with Gasteiger partial charge in [-0.25, -0.2) is 4.98 Å². The topological polar surface area (TPSA) is 68.0 Å². The Kier molecular flexibility index (Phi) is 9.39. The van der Waals surface area contributed by atoms with Crippen molar-refractivity contribution in [2.75, 3.05) is 0 Å². The van der Waals surface area contributed by atoms with Crippen LogP contribution in [0, 0.1) is 12.8 Å². The molecule has 1 aromatic carbocycles. The number of nitrogens with one attached hydrogen (secondary N) is 1. The number of rotatable bonds is 5. The summed E-state index contributed by atoms with van der Waals surface area (Å²) >= 11 is 1.60. The fourth-order valence-electron chi connectivity index (χ4n) is 2.11. The minimum atomic E-state index is -0.309. The molecule has 1 heterocycles. The normalized spacial score (nSPS) is 13.9. The van der Waals surface area contributed by atoms with Crippen LogP contribution in [-0.2, 0) is 4.79 Å². The summed E-state index contributed by atoms with van der Waals surface area (Å²) in [4.78, 5) is 17.8. The van der Waals surface area contributed by atoms with Crippen molar-refractivity contribution in [2.45, 2.75) is 32.9 Å². The molecule has 2 rings (SSSR count). The highest BCUT2D eigenvalue weighted by Gasteiger charge is 2.24. The number of thiazole rings is 1. The highest BCUT2D eigenvalue weighted by molar-refractivity contribution is 7.11. The van der Waals surface area contributed by atoms with Crippen LogP contribution in [0.25, 0.3) is 0 Å². The molecule has 0 radical (unpaired) electrons. The van der Waals surface area contributed by atoms with Gasteiger partial charge in [0.05, 0.1) is 12.0 Å². The predicted octanol–water partition coefficient (Wildman–Crippen LogP) is 3.81. The van der Waals surface area contributed by atoms with Gasteiger partial charge in [-0.3, -0.25) is 4.79 Å². The Morgan fingerprint density at radius 1 is 1.22 bits per heavy atom. The number of carbonyl (C=O) groups excluding carboxylic acids is 1. The molecule has 7 heteroatoms. The molecule has 0 saturated heterocycles. The van der Waals surface area contributed by atoms with E-state index in [1.165, 1.54) is 0 Å². The van der Waals surface area contributed by atoms with Crippen LogP contribution in [0.15, 0.2) is 36.5 Å². The van der Waals surface area contributed by atoms with E-state index in [2.05, 4.69) is 10.3 Å². The van der Waals surface area contributed by atoms with E-state index in [9.17, 15) is 4.79 Å². The molecule has 0 aliphatic heterocycles. The van der Waals surface area contributed by atoms with Gasteiger partial charge < -0.3 is 11.1 Å². The molecule has 3 unspecified atom stereocenters. The summed E-state index contributed by atoms with van der Waals surface area (Å²) in [5.41, 5.74) is 7.15. The first-order chi connectivity index (χ1) is 9.99. The van der Waals surface area contributed by atoms with Gasteiger partial charge in [-0.05, 0) is 19.4 Å². The number of aromatic nitrogens is 1. The van der Waals surface area contributed by atoms with Crippen molar-refractivity contribution in [2.24, 2.45) is 11.7 Å². The molecule has 0 aliphatic carbocycles. The van der Waals surface area contributed by atoms with Crippen LogP contribution in [0.1, 0.15) is 41.4 Å². The van der Waals surface area contributed by atoms with Gasteiger partial charge >= 0.3 is 0 Å². The van der Waals surface area contributed by atoms with Gasteiger partial charge in [-0.1, -0.05) is 37.3 Å². The maximum atomic E-state index is 12.3. The smallest absolute Gasteiger partial charge is 0.225 e. The second-order valence-corrected chi connectivity index (χ2v) is 6.53. The van der Waals surface area contributed by atoms with Crippen molar-refractivity contribution in [1.82, 2.24) is 10.3 Å². The molecule has 23 heavy (non-hydrogen) atoms. The summed E-state index contributed by atoms with van der Waals surface area (Å²) in [5.74, 6) is -0.345. The number of carbonyl (C=O) groups is 1. The second-order valence-electron chi connectivity index (χ2n) is 5.26. The van der Waals surface area contributed by atoms with Crippen molar-refractivity contribution in [3.63, 3.8) is 0 Å². The highest BCUT2D eigenvalue weighted by Crippen LogP contribution is 2.22. The third-order valence-electron chi connectivity index (χ3n) is 3.51. The predicted molar refractivity (Wildman–Crippen MR) is 100 cm³/mol.